The Balaban J connectivity index is 1.59. The van der Waals surface area contributed by atoms with Gasteiger partial charge in [0.25, 0.3) is 5.91 Å². The number of fused-ring (bicyclic) bond motifs is 1. The SMILES string of the molecule is C=C1N2C(=O)C(NC(=O)CSc3nncs3)[C@H]2SC1(C)C(=O)OCC(Cl)(Cl)Cl. The van der Waals surface area contributed by atoms with Crippen LogP contribution in [0.3, 0.4) is 0 Å². The Kier molecular flexibility index (Phi) is 6.43. The topological polar surface area (TPSA) is 101 Å². The van der Waals surface area contributed by atoms with Crippen LogP contribution in [-0.4, -0.2) is 65.2 Å². The highest BCUT2D eigenvalue weighted by molar-refractivity contribution is 8.02. The zero-order valence-electron chi connectivity index (χ0n) is 14.2. The van der Waals surface area contributed by atoms with E-state index in [1.807, 2.05) is 0 Å². The van der Waals surface area contributed by atoms with Crippen LogP contribution in [0.1, 0.15) is 6.92 Å². The zero-order chi connectivity index (χ0) is 20.7. The van der Waals surface area contributed by atoms with Gasteiger partial charge in [0.05, 0.1) is 5.75 Å². The van der Waals surface area contributed by atoms with Gasteiger partial charge < -0.3 is 10.1 Å². The molecule has 2 aliphatic heterocycles. The number of halogens is 3. The molecule has 1 aromatic rings. The van der Waals surface area contributed by atoms with Crippen molar-refractivity contribution in [2.24, 2.45) is 0 Å². The van der Waals surface area contributed by atoms with Gasteiger partial charge in [0, 0.05) is 5.70 Å². The Hall–Kier alpha value is -0.720. The molecule has 2 saturated heterocycles. The minimum absolute atomic E-state index is 0.0971. The summed E-state index contributed by atoms with van der Waals surface area (Å²) in [5.74, 6) is -1.24. The molecular formula is C14H13Cl3N4O4S3. The highest BCUT2D eigenvalue weighted by atomic mass is 35.6. The van der Waals surface area contributed by atoms with E-state index in [1.165, 1.54) is 28.0 Å². The fourth-order valence-electron chi connectivity index (χ4n) is 2.56. The van der Waals surface area contributed by atoms with Gasteiger partial charge in [-0.15, -0.1) is 22.0 Å². The lowest BCUT2D eigenvalue weighted by Crippen LogP contribution is -2.66. The monoisotopic (exact) mass is 502 g/mol. The first kappa shape index (κ1) is 22.0. The normalized spacial score (nSPS) is 26.6. The van der Waals surface area contributed by atoms with Crippen LogP contribution in [0.5, 0.6) is 0 Å². The Morgan fingerprint density at radius 1 is 1.50 bits per heavy atom. The molecule has 3 rings (SSSR count). The van der Waals surface area contributed by atoms with E-state index < -0.39 is 32.5 Å². The lowest BCUT2D eigenvalue weighted by Gasteiger charge is -2.41. The number of amides is 2. The first-order valence-electron chi connectivity index (χ1n) is 7.65. The number of nitrogens with one attached hydrogen (secondary N) is 1. The number of β-lactam (4-membered cyclic amide) rings is 1. The molecule has 152 valence electrons. The first-order valence-corrected chi connectivity index (χ1v) is 11.5. The number of nitrogens with zero attached hydrogens (tertiary/aromatic N) is 3. The van der Waals surface area contributed by atoms with Crippen LogP contribution < -0.4 is 5.32 Å². The van der Waals surface area contributed by atoms with E-state index in [1.54, 1.807) is 12.4 Å². The van der Waals surface area contributed by atoms with E-state index >= 15 is 0 Å². The van der Waals surface area contributed by atoms with Crippen molar-refractivity contribution in [3.8, 4) is 0 Å². The largest absolute Gasteiger partial charge is 0.460 e. The van der Waals surface area contributed by atoms with Gasteiger partial charge in [-0.05, 0) is 6.92 Å². The molecule has 3 atom stereocenters. The molecule has 8 nitrogen and oxygen atoms in total. The molecule has 2 fully saturated rings. The van der Waals surface area contributed by atoms with Crippen molar-refractivity contribution in [3.05, 3.63) is 17.8 Å². The van der Waals surface area contributed by atoms with Crippen molar-refractivity contribution in [1.29, 1.82) is 0 Å². The molecule has 0 bridgehead atoms. The number of ether oxygens (including phenoxy) is 1. The third-order valence-corrected chi connectivity index (χ3v) is 7.77. The molecule has 0 aliphatic carbocycles. The van der Waals surface area contributed by atoms with Gasteiger partial charge in [-0.2, -0.15) is 0 Å². The maximum absolute atomic E-state index is 12.5. The third-order valence-electron chi connectivity index (χ3n) is 3.98. The molecule has 2 amide bonds. The summed E-state index contributed by atoms with van der Waals surface area (Å²) in [7, 11) is 0. The maximum Gasteiger partial charge on any atom is 0.328 e. The van der Waals surface area contributed by atoms with E-state index in [9.17, 15) is 14.4 Å². The summed E-state index contributed by atoms with van der Waals surface area (Å²) in [4.78, 5) is 38.5. The van der Waals surface area contributed by atoms with Crippen molar-refractivity contribution in [2.45, 2.75) is 31.2 Å². The van der Waals surface area contributed by atoms with Gasteiger partial charge >= 0.3 is 5.97 Å². The van der Waals surface area contributed by atoms with Gasteiger partial charge in [-0.1, -0.05) is 64.5 Å². The summed E-state index contributed by atoms with van der Waals surface area (Å²) in [5, 5.41) is 9.75. The summed E-state index contributed by atoms with van der Waals surface area (Å²) in [6.07, 6.45) is 0. The number of alkyl halides is 3. The van der Waals surface area contributed by atoms with Gasteiger partial charge in [0.15, 0.2) is 9.09 Å². The molecule has 0 saturated carbocycles. The number of carbonyl (C=O) groups excluding carboxylic acids is 3. The summed E-state index contributed by atoms with van der Waals surface area (Å²) in [6, 6.07) is -0.757. The van der Waals surface area contributed by atoms with Crippen LogP contribution in [0.2, 0.25) is 0 Å². The fourth-order valence-corrected chi connectivity index (χ4v) is 5.56. The number of carbonyl (C=O) groups is 3. The van der Waals surface area contributed by atoms with Crippen molar-refractivity contribution in [3.63, 3.8) is 0 Å². The zero-order valence-corrected chi connectivity index (χ0v) is 18.9. The molecular weight excluding hydrogens is 491 g/mol. The second-order valence-electron chi connectivity index (χ2n) is 5.93. The molecule has 2 aliphatic rings. The second-order valence-corrected chi connectivity index (χ2v) is 12.0. The van der Waals surface area contributed by atoms with Crippen molar-refractivity contribution in [1.82, 2.24) is 20.4 Å². The number of aromatic nitrogens is 2. The molecule has 1 N–H and O–H groups in total. The van der Waals surface area contributed by atoms with E-state index in [0.717, 1.165) is 11.8 Å². The molecule has 0 radical (unpaired) electrons. The minimum Gasteiger partial charge on any atom is -0.460 e. The number of hydrogen-bond acceptors (Lipinski definition) is 9. The second kappa shape index (κ2) is 8.19. The smallest absolute Gasteiger partial charge is 0.328 e. The van der Waals surface area contributed by atoms with Gasteiger partial charge in [0.1, 0.15) is 23.5 Å². The van der Waals surface area contributed by atoms with Crippen LogP contribution >= 0.6 is 69.7 Å². The molecule has 0 spiro atoms. The molecule has 1 aromatic heterocycles. The van der Waals surface area contributed by atoms with Crippen LogP contribution in [0.4, 0.5) is 0 Å². The lowest BCUT2D eigenvalue weighted by atomic mass is 10.0. The summed E-state index contributed by atoms with van der Waals surface area (Å²) in [5.41, 5.74) is 1.84. The van der Waals surface area contributed by atoms with E-state index in [4.69, 9.17) is 39.5 Å². The fraction of sp³-hybridized carbons (Fsp3) is 0.500. The van der Waals surface area contributed by atoms with Crippen LogP contribution in [0.25, 0.3) is 0 Å². The van der Waals surface area contributed by atoms with E-state index in [2.05, 4.69) is 22.1 Å². The average Bonchev–Trinajstić information content (AvgIpc) is 3.21. The predicted octanol–water partition coefficient (Wildman–Crippen LogP) is 2.22. The molecule has 28 heavy (non-hydrogen) atoms. The van der Waals surface area contributed by atoms with Crippen LogP contribution in [0, 0.1) is 0 Å². The standard InChI is InChI=1S/C14H13Cl3N4O4S3/c1-6-13(2,11(24)25-4-14(15,16)17)28-10-8(9(23)21(6)10)19-7(22)3-26-12-20-18-5-27-12/h5,8,10H,1,3-4H2,2H3,(H,19,22)/t8?,10-,13?/m1/s1. The van der Waals surface area contributed by atoms with Crippen LogP contribution in [-0.2, 0) is 19.1 Å². The molecule has 3 heterocycles. The summed E-state index contributed by atoms with van der Waals surface area (Å²) >= 11 is 20.5. The number of rotatable bonds is 6. The van der Waals surface area contributed by atoms with Crippen molar-refractivity contribution >= 4 is 87.4 Å². The third kappa shape index (κ3) is 4.39. The number of hydrogen-bond donors (Lipinski definition) is 1. The number of thioether (sulfide) groups is 2. The van der Waals surface area contributed by atoms with Crippen molar-refractivity contribution in [2.75, 3.05) is 12.4 Å². The Morgan fingerprint density at radius 3 is 2.82 bits per heavy atom. The Labute approximate surface area is 187 Å². The summed E-state index contributed by atoms with van der Waals surface area (Å²) < 4.78 is 2.75. The van der Waals surface area contributed by atoms with E-state index in [0.29, 0.717) is 4.34 Å². The number of esters is 1. The van der Waals surface area contributed by atoms with Crippen LogP contribution in [0.15, 0.2) is 22.1 Å². The van der Waals surface area contributed by atoms with Gasteiger partial charge in [-0.3, -0.25) is 19.3 Å². The average molecular weight is 504 g/mol. The highest BCUT2D eigenvalue weighted by Gasteiger charge is 2.63. The van der Waals surface area contributed by atoms with Crippen molar-refractivity contribution < 1.29 is 19.1 Å². The minimum atomic E-state index is -1.74. The Bertz CT molecular complexity index is 819. The summed E-state index contributed by atoms with van der Waals surface area (Å²) in [6.45, 7) is 4.99. The first-order chi connectivity index (χ1) is 13.0. The Morgan fingerprint density at radius 2 is 2.21 bits per heavy atom. The molecule has 0 aromatic carbocycles. The van der Waals surface area contributed by atoms with E-state index in [-0.39, 0.29) is 23.3 Å². The lowest BCUT2D eigenvalue weighted by molar-refractivity contribution is -0.147. The molecule has 14 heteroatoms. The quantitative estimate of drug-likeness (QED) is 0.273. The molecule has 2 unspecified atom stereocenters. The van der Waals surface area contributed by atoms with Gasteiger partial charge in [-0.25, -0.2) is 0 Å². The van der Waals surface area contributed by atoms with Gasteiger partial charge in [0.2, 0.25) is 9.70 Å². The predicted molar refractivity (Wildman–Crippen MR) is 110 cm³/mol. The highest BCUT2D eigenvalue weighted by Crippen LogP contribution is 2.53. The maximum atomic E-state index is 12.5.